The van der Waals surface area contributed by atoms with Crippen LogP contribution >= 0.6 is 11.6 Å². The van der Waals surface area contributed by atoms with E-state index in [0.717, 1.165) is 5.56 Å². The largest absolute Gasteiger partial charge is 0.454 e. The maximum atomic E-state index is 12.5. The standard InChI is InChI=1S/C16H19ClN2O5/c1-10-16(21)18(3-4-22-2)8-15(20)19(10)7-11-5-13-14(6-12(11)17)24-9-23-13/h5-6,10H,3-4,7-9H2,1-2H3/t10-/m0/s1. The molecule has 7 nitrogen and oxygen atoms in total. The molecule has 2 aliphatic heterocycles. The van der Waals surface area contributed by atoms with Crippen molar-refractivity contribution in [3.05, 3.63) is 22.7 Å². The van der Waals surface area contributed by atoms with Crippen LogP contribution in [0.25, 0.3) is 0 Å². The highest BCUT2D eigenvalue weighted by Crippen LogP contribution is 2.37. The highest BCUT2D eigenvalue weighted by atomic mass is 35.5. The summed E-state index contributed by atoms with van der Waals surface area (Å²) in [7, 11) is 1.56. The molecule has 0 unspecified atom stereocenters. The normalized spacial score (nSPS) is 20.0. The van der Waals surface area contributed by atoms with Crippen LogP contribution in [0.1, 0.15) is 12.5 Å². The van der Waals surface area contributed by atoms with Gasteiger partial charge in [0.2, 0.25) is 18.6 Å². The number of carbonyl (C=O) groups excluding carboxylic acids is 2. The Kier molecular flexibility index (Phi) is 4.82. The first kappa shape index (κ1) is 16.9. The fourth-order valence-electron chi connectivity index (χ4n) is 2.83. The van der Waals surface area contributed by atoms with Gasteiger partial charge in [-0.25, -0.2) is 0 Å². The fourth-order valence-corrected chi connectivity index (χ4v) is 3.04. The van der Waals surface area contributed by atoms with Gasteiger partial charge in [0.05, 0.1) is 13.2 Å². The number of nitrogens with zero attached hydrogens (tertiary/aromatic N) is 2. The van der Waals surface area contributed by atoms with E-state index in [1.807, 2.05) is 0 Å². The Balaban J connectivity index is 1.76. The van der Waals surface area contributed by atoms with Crippen molar-refractivity contribution in [2.75, 3.05) is 33.6 Å². The average molecular weight is 355 g/mol. The van der Waals surface area contributed by atoms with E-state index in [1.165, 1.54) is 9.80 Å². The van der Waals surface area contributed by atoms with Crippen LogP contribution in [0.3, 0.4) is 0 Å². The Morgan fingerprint density at radius 1 is 1.29 bits per heavy atom. The number of fused-ring (bicyclic) bond motifs is 1. The molecule has 0 saturated carbocycles. The van der Waals surface area contributed by atoms with Crippen molar-refractivity contribution in [2.24, 2.45) is 0 Å². The van der Waals surface area contributed by atoms with E-state index in [1.54, 1.807) is 26.2 Å². The summed E-state index contributed by atoms with van der Waals surface area (Å²) in [6.45, 7) is 2.99. The summed E-state index contributed by atoms with van der Waals surface area (Å²) in [4.78, 5) is 28.0. The van der Waals surface area contributed by atoms with Crippen LogP contribution in [0.4, 0.5) is 0 Å². The number of hydrogen-bond acceptors (Lipinski definition) is 5. The molecular weight excluding hydrogens is 336 g/mol. The third-order valence-corrected chi connectivity index (χ3v) is 4.58. The van der Waals surface area contributed by atoms with Crippen molar-refractivity contribution in [3.63, 3.8) is 0 Å². The first-order chi connectivity index (χ1) is 11.5. The number of amides is 2. The predicted octanol–water partition coefficient (Wildman–Crippen LogP) is 1.27. The van der Waals surface area contributed by atoms with Gasteiger partial charge < -0.3 is 24.0 Å². The van der Waals surface area contributed by atoms with Crippen molar-refractivity contribution < 1.29 is 23.8 Å². The Hall–Kier alpha value is -1.99. The van der Waals surface area contributed by atoms with E-state index in [0.29, 0.717) is 29.7 Å². The van der Waals surface area contributed by atoms with Crippen molar-refractivity contribution in [3.8, 4) is 11.5 Å². The lowest BCUT2D eigenvalue weighted by Crippen LogP contribution is -2.58. The lowest BCUT2D eigenvalue weighted by Gasteiger charge is -2.38. The maximum Gasteiger partial charge on any atom is 0.245 e. The van der Waals surface area contributed by atoms with E-state index in [9.17, 15) is 9.59 Å². The van der Waals surface area contributed by atoms with Gasteiger partial charge in [-0.2, -0.15) is 0 Å². The molecule has 1 fully saturated rings. The first-order valence-electron chi connectivity index (χ1n) is 7.66. The zero-order valence-electron chi connectivity index (χ0n) is 13.6. The number of halogens is 1. The summed E-state index contributed by atoms with van der Waals surface area (Å²) >= 11 is 6.27. The second kappa shape index (κ2) is 6.86. The molecule has 1 saturated heterocycles. The topological polar surface area (TPSA) is 68.3 Å². The van der Waals surface area contributed by atoms with Gasteiger partial charge in [-0.15, -0.1) is 0 Å². The summed E-state index contributed by atoms with van der Waals surface area (Å²) in [5, 5.41) is 0.480. The maximum absolute atomic E-state index is 12.5. The molecule has 2 aliphatic rings. The van der Waals surface area contributed by atoms with Crippen LogP contribution in [0, 0.1) is 0 Å². The molecule has 1 atom stereocenters. The quantitative estimate of drug-likeness (QED) is 0.796. The fraction of sp³-hybridized carbons (Fsp3) is 0.500. The van der Waals surface area contributed by atoms with E-state index in [4.69, 9.17) is 25.8 Å². The van der Waals surface area contributed by atoms with Crippen LogP contribution in [0.15, 0.2) is 12.1 Å². The number of ether oxygens (including phenoxy) is 3. The van der Waals surface area contributed by atoms with Gasteiger partial charge in [-0.3, -0.25) is 9.59 Å². The second-order valence-corrected chi connectivity index (χ2v) is 6.15. The first-order valence-corrected chi connectivity index (χ1v) is 8.04. The van der Waals surface area contributed by atoms with Gasteiger partial charge in [-0.05, 0) is 18.6 Å². The number of methoxy groups -OCH3 is 1. The minimum atomic E-state index is -0.551. The van der Waals surface area contributed by atoms with Gasteiger partial charge in [0.25, 0.3) is 0 Å². The predicted molar refractivity (Wildman–Crippen MR) is 86.0 cm³/mol. The van der Waals surface area contributed by atoms with Crippen molar-refractivity contribution >= 4 is 23.4 Å². The number of carbonyl (C=O) groups is 2. The molecular formula is C16H19ClN2O5. The molecule has 2 amide bonds. The molecule has 1 aromatic rings. The van der Waals surface area contributed by atoms with E-state index < -0.39 is 6.04 Å². The SMILES string of the molecule is COCCN1CC(=O)N(Cc2cc3c(cc2Cl)OCO3)[C@@H](C)C1=O. The van der Waals surface area contributed by atoms with Crippen molar-refractivity contribution in [1.82, 2.24) is 9.80 Å². The summed E-state index contributed by atoms with van der Waals surface area (Å²) in [5.41, 5.74) is 0.722. The van der Waals surface area contributed by atoms with Gasteiger partial charge >= 0.3 is 0 Å². The molecule has 0 aromatic heterocycles. The van der Waals surface area contributed by atoms with Gasteiger partial charge in [0.15, 0.2) is 11.5 Å². The van der Waals surface area contributed by atoms with Crippen LogP contribution in [-0.2, 0) is 20.9 Å². The highest BCUT2D eigenvalue weighted by Gasteiger charge is 2.36. The molecule has 24 heavy (non-hydrogen) atoms. The van der Waals surface area contributed by atoms with Crippen LogP contribution in [0.2, 0.25) is 5.02 Å². The molecule has 8 heteroatoms. The lowest BCUT2D eigenvalue weighted by atomic mass is 10.1. The molecule has 0 N–H and O–H groups in total. The van der Waals surface area contributed by atoms with Crippen LogP contribution in [0.5, 0.6) is 11.5 Å². The summed E-state index contributed by atoms with van der Waals surface area (Å²) in [6.07, 6.45) is 0. The second-order valence-electron chi connectivity index (χ2n) is 5.75. The van der Waals surface area contributed by atoms with Crippen LogP contribution < -0.4 is 9.47 Å². The Morgan fingerprint density at radius 2 is 2.00 bits per heavy atom. The summed E-state index contributed by atoms with van der Waals surface area (Å²) < 4.78 is 15.6. The molecule has 130 valence electrons. The minimum absolute atomic E-state index is 0.0503. The minimum Gasteiger partial charge on any atom is -0.454 e. The zero-order chi connectivity index (χ0) is 17.3. The van der Waals surface area contributed by atoms with Crippen LogP contribution in [-0.4, -0.2) is 61.3 Å². The summed E-state index contributed by atoms with van der Waals surface area (Å²) in [6, 6.07) is 2.88. The van der Waals surface area contributed by atoms with Gasteiger partial charge in [-0.1, -0.05) is 11.6 Å². The monoisotopic (exact) mass is 354 g/mol. The number of benzene rings is 1. The molecule has 0 radical (unpaired) electrons. The average Bonchev–Trinajstić information content (AvgIpc) is 3.00. The number of hydrogen-bond donors (Lipinski definition) is 0. The molecule has 1 aromatic carbocycles. The van der Waals surface area contributed by atoms with E-state index in [-0.39, 0.29) is 31.7 Å². The molecule has 3 rings (SSSR count). The number of rotatable bonds is 5. The highest BCUT2D eigenvalue weighted by molar-refractivity contribution is 6.31. The third-order valence-electron chi connectivity index (χ3n) is 4.23. The molecule has 0 spiro atoms. The molecule has 2 heterocycles. The summed E-state index contributed by atoms with van der Waals surface area (Å²) in [5.74, 6) is 0.971. The van der Waals surface area contributed by atoms with Crippen molar-refractivity contribution in [2.45, 2.75) is 19.5 Å². The Labute approximate surface area is 145 Å². The Morgan fingerprint density at radius 3 is 2.71 bits per heavy atom. The smallest absolute Gasteiger partial charge is 0.245 e. The molecule has 0 bridgehead atoms. The van der Waals surface area contributed by atoms with E-state index in [2.05, 4.69) is 0 Å². The Bertz CT molecular complexity index is 666. The zero-order valence-corrected chi connectivity index (χ0v) is 14.3. The lowest BCUT2D eigenvalue weighted by molar-refractivity contribution is -0.156. The van der Waals surface area contributed by atoms with Gasteiger partial charge in [0.1, 0.15) is 6.04 Å². The third kappa shape index (κ3) is 3.14. The molecule has 0 aliphatic carbocycles. The van der Waals surface area contributed by atoms with Crippen molar-refractivity contribution in [1.29, 1.82) is 0 Å². The van der Waals surface area contributed by atoms with Gasteiger partial charge in [0, 0.05) is 31.3 Å². The van der Waals surface area contributed by atoms with E-state index >= 15 is 0 Å². The number of piperazine rings is 1.